The fourth-order valence-electron chi connectivity index (χ4n) is 4.10. The molecule has 0 aliphatic carbocycles. The Hall–Kier alpha value is -1.26. The maximum absolute atomic E-state index is 5.54. The minimum Gasteiger partial charge on any atom is -0.495 e. The highest BCUT2D eigenvalue weighted by atomic mass is 127. The van der Waals surface area contributed by atoms with Gasteiger partial charge in [0.05, 0.1) is 19.3 Å². The highest BCUT2D eigenvalue weighted by molar-refractivity contribution is 14.0. The fraction of sp³-hybridized carbons (Fsp3) is 0.682. The van der Waals surface area contributed by atoms with Gasteiger partial charge in [-0.25, -0.2) is 0 Å². The van der Waals surface area contributed by atoms with E-state index in [1.54, 1.807) is 7.11 Å². The van der Waals surface area contributed by atoms with E-state index in [0.29, 0.717) is 0 Å². The molecular formula is C22H39IN6O. The zero-order chi connectivity index (χ0) is 20.5. The minimum absolute atomic E-state index is 0. The highest BCUT2D eigenvalue weighted by Gasteiger charge is 2.22. The number of para-hydroxylation sites is 2. The third kappa shape index (κ3) is 6.88. The van der Waals surface area contributed by atoms with Gasteiger partial charge in [0.15, 0.2) is 5.96 Å². The first-order valence-corrected chi connectivity index (χ1v) is 11.1. The second-order valence-corrected chi connectivity index (χ2v) is 7.66. The summed E-state index contributed by atoms with van der Waals surface area (Å²) < 4.78 is 5.54. The number of aliphatic imine (C=N–C) groups is 1. The second kappa shape index (κ2) is 13.2. The van der Waals surface area contributed by atoms with Crippen molar-refractivity contribution < 1.29 is 4.74 Å². The van der Waals surface area contributed by atoms with E-state index in [9.17, 15) is 0 Å². The van der Waals surface area contributed by atoms with E-state index in [4.69, 9.17) is 9.73 Å². The molecule has 0 amide bonds. The second-order valence-electron chi connectivity index (χ2n) is 7.66. The summed E-state index contributed by atoms with van der Waals surface area (Å²) >= 11 is 0. The first-order valence-electron chi connectivity index (χ1n) is 11.1. The maximum Gasteiger partial charge on any atom is 0.194 e. The quantitative estimate of drug-likeness (QED) is 0.331. The van der Waals surface area contributed by atoms with Crippen molar-refractivity contribution in [3.63, 3.8) is 0 Å². The Labute approximate surface area is 199 Å². The van der Waals surface area contributed by atoms with E-state index in [1.807, 2.05) is 12.1 Å². The van der Waals surface area contributed by atoms with Gasteiger partial charge in [0.2, 0.25) is 0 Å². The molecule has 1 N–H and O–H groups in total. The summed E-state index contributed by atoms with van der Waals surface area (Å²) in [6.07, 6.45) is 0. The number of rotatable bonds is 7. The van der Waals surface area contributed by atoms with E-state index < -0.39 is 0 Å². The van der Waals surface area contributed by atoms with Gasteiger partial charge >= 0.3 is 0 Å². The fourth-order valence-corrected chi connectivity index (χ4v) is 4.10. The van der Waals surface area contributed by atoms with Crippen LogP contribution < -0.4 is 15.0 Å². The maximum atomic E-state index is 5.54. The number of anilines is 1. The van der Waals surface area contributed by atoms with Gasteiger partial charge in [-0.1, -0.05) is 19.1 Å². The van der Waals surface area contributed by atoms with Crippen molar-refractivity contribution in [1.29, 1.82) is 0 Å². The number of hydrogen-bond acceptors (Lipinski definition) is 5. The van der Waals surface area contributed by atoms with Crippen LogP contribution in [0.5, 0.6) is 5.75 Å². The molecule has 2 fully saturated rings. The highest BCUT2D eigenvalue weighted by Crippen LogP contribution is 2.28. The zero-order valence-corrected chi connectivity index (χ0v) is 21.2. The third-order valence-electron chi connectivity index (χ3n) is 5.93. The van der Waals surface area contributed by atoms with E-state index in [-0.39, 0.29) is 24.0 Å². The van der Waals surface area contributed by atoms with E-state index >= 15 is 0 Å². The Kier molecular flexibility index (Phi) is 11.0. The summed E-state index contributed by atoms with van der Waals surface area (Å²) in [5.74, 6) is 2.00. The number of ether oxygens (including phenoxy) is 1. The summed E-state index contributed by atoms with van der Waals surface area (Å²) in [6, 6.07) is 8.28. The lowest BCUT2D eigenvalue weighted by Crippen LogP contribution is -2.53. The van der Waals surface area contributed by atoms with E-state index in [1.165, 1.54) is 18.8 Å². The van der Waals surface area contributed by atoms with Gasteiger partial charge in [-0.15, -0.1) is 24.0 Å². The summed E-state index contributed by atoms with van der Waals surface area (Å²) in [5.41, 5.74) is 1.18. The number of halogens is 1. The van der Waals surface area contributed by atoms with Gasteiger partial charge < -0.3 is 24.8 Å². The van der Waals surface area contributed by atoms with Crippen LogP contribution in [-0.2, 0) is 0 Å². The number of piperazine rings is 2. The van der Waals surface area contributed by atoms with Crippen LogP contribution in [0.2, 0.25) is 0 Å². The largest absolute Gasteiger partial charge is 0.495 e. The Morgan fingerprint density at radius 3 is 2.27 bits per heavy atom. The smallest absolute Gasteiger partial charge is 0.194 e. The first kappa shape index (κ1) is 25.0. The molecule has 8 heteroatoms. The van der Waals surface area contributed by atoms with Gasteiger partial charge in [0.1, 0.15) is 5.75 Å². The summed E-state index contributed by atoms with van der Waals surface area (Å²) in [5, 5.41) is 3.49. The molecule has 2 aliphatic heterocycles. The summed E-state index contributed by atoms with van der Waals surface area (Å²) in [6.45, 7) is 17.0. The Morgan fingerprint density at radius 1 is 0.967 bits per heavy atom. The van der Waals surface area contributed by atoms with Crippen molar-refractivity contribution in [2.45, 2.75) is 13.8 Å². The molecule has 2 heterocycles. The number of methoxy groups -OCH3 is 1. The molecule has 1 aromatic rings. The molecule has 0 spiro atoms. The topological polar surface area (TPSA) is 46.6 Å². The molecule has 0 atom stereocenters. The van der Waals surface area contributed by atoms with Crippen molar-refractivity contribution in [3.8, 4) is 5.75 Å². The molecule has 30 heavy (non-hydrogen) atoms. The number of nitrogens with one attached hydrogen (secondary N) is 1. The monoisotopic (exact) mass is 530 g/mol. The molecule has 170 valence electrons. The Morgan fingerprint density at radius 2 is 1.63 bits per heavy atom. The molecule has 0 aromatic heterocycles. The van der Waals surface area contributed by atoms with Gasteiger partial charge in [0, 0.05) is 65.4 Å². The SMILES string of the molecule is CCNC(=NCCN1CCN(CC)CC1)N1CCN(c2ccccc2OC)CC1.I. The number of likely N-dealkylation sites (N-methyl/N-ethyl adjacent to an activating group) is 1. The first-order chi connectivity index (χ1) is 14.2. The van der Waals surface area contributed by atoms with Gasteiger partial charge in [-0.2, -0.15) is 0 Å². The minimum atomic E-state index is 0. The molecule has 7 nitrogen and oxygen atoms in total. The van der Waals surface area contributed by atoms with Crippen molar-refractivity contribution in [2.24, 2.45) is 4.99 Å². The van der Waals surface area contributed by atoms with Crippen molar-refractivity contribution in [3.05, 3.63) is 24.3 Å². The average Bonchev–Trinajstić information content (AvgIpc) is 2.79. The molecule has 3 rings (SSSR count). The van der Waals surface area contributed by atoms with Crippen LogP contribution in [0, 0.1) is 0 Å². The number of nitrogens with zero attached hydrogens (tertiary/aromatic N) is 5. The van der Waals surface area contributed by atoms with Crippen LogP contribution in [0.15, 0.2) is 29.3 Å². The lowest BCUT2D eigenvalue weighted by Gasteiger charge is -2.38. The standard InChI is InChI=1S/C22H38N6O.HI/c1-4-23-22(24-10-11-26-14-12-25(5-2)13-15-26)28-18-16-27(17-19-28)20-8-6-7-9-21(20)29-3;/h6-9H,4-5,10-19H2,1-3H3,(H,23,24);1H. The van der Waals surface area contributed by atoms with Crippen LogP contribution in [0.3, 0.4) is 0 Å². The van der Waals surface area contributed by atoms with Gasteiger partial charge in [-0.3, -0.25) is 9.89 Å². The predicted molar refractivity (Wildman–Crippen MR) is 137 cm³/mol. The molecule has 1 aromatic carbocycles. The lowest BCUT2D eigenvalue weighted by atomic mass is 10.2. The number of guanidine groups is 1. The third-order valence-corrected chi connectivity index (χ3v) is 5.93. The Bertz CT molecular complexity index is 642. The molecule has 0 bridgehead atoms. The molecule has 2 aliphatic rings. The molecule has 0 saturated carbocycles. The normalized spacial score (nSPS) is 18.8. The molecule has 2 saturated heterocycles. The van der Waals surface area contributed by atoms with Crippen LogP contribution >= 0.6 is 24.0 Å². The Balaban J connectivity index is 0.00000320. The summed E-state index contributed by atoms with van der Waals surface area (Å²) in [4.78, 5) is 14.8. The van der Waals surface area contributed by atoms with E-state index in [2.05, 4.69) is 50.9 Å². The number of hydrogen-bond donors (Lipinski definition) is 1. The van der Waals surface area contributed by atoms with Crippen molar-refractivity contribution in [2.75, 3.05) is 90.5 Å². The predicted octanol–water partition coefficient (Wildman–Crippen LogP) is 2.04. The summed E-state index contributed by atoms with van der Waals surface area (Å²) in [7, 11) is 1.74. The van der Waals surface area contributed by atoms with Crippen LogP contribution in [0.1, 0.15) is 13.8 Å². The molecule has 0 unspecified atom stereocenters. The van der Waals surface area contributed by atoms with Crippen molar-refractivity contribution >= 4 is 35.6 Å². The van der Waals surface area contributed by atoms with Crippen LogP contribution in [0.25, 0.3) is 0 Å². The lowest BCUT2D eigenvalue weighted by molar-refractivity contribution is 0.140. The van der Waals surface area contributed by atoms with Gasteiger partial charge in [-0.05, 0) is 25.6 Å². The molecule has 0 radical (unpaired) electrons. The average molecular weight is 530 g/mol. The zero-order valence-electron chi connectivity index (χ0n) is 18.8. The molecular weight excluding hydrogens is 491 g/mol. The van der Waals surface area contributed by atoms with Crippen LogP contribution in [0.4, 0.5) is 5.69 Å². The van der Waals surface area contributed by atoms with Gasteiger partial charge in [0.25, 0.3) is 0 Å². The number of benzene rings is 1. The van der Waals surface area contributed by atoms with Crippen molar-refractivity contribution in [1.82, 2.24) is 20.0 Å². The van der Waals surface area contributed by atoms with E-state index in [0.717, 1.165) is 77.2 Å². The van der Waals surface area contributed by atoms with Crippen LogP contribution in [-0.4, -0.2) is 106 Å².